The molecule has 28 heavy (non-hydrogen) atoms. The van der Waals surface area contributed by atoms with Gasteiger partial charge in [0.05, 0.1) is 0 Å². The highest BCUT2D eigenvalue weighted by atomic mass is 32.2. The van der Waals surface area contributed by atoms with E-state index in [1.54, 1.807) is 11.8 Å². The van der Waals surface area contributed by atoms with Crippen molar-refractivity contribution < 1.29 is 19.4 Å². The number of benzene rings is 2. The van der Waals surface area contributed by atoms with Gasteiger partial charge >= 0.3 is 12.1 Å². The number of fused-ring (bicyclic) bond motifs is 3. The molecule has 0 saturated carbocycles. The SMILES string of the molecule is CSCCSCC(NC(=O)OCC1c2ccccc2-c2ccccc21)C(=O)O. The van der Waals surface area contributed by atoms with E-state index in [-0.39, 0.29) is 12.5 Å². The first-order valence-corrected chi connectivity index (χ1v) is 11.6. The highest BCUT2D eigenvalue weighted by Crippen LogP contribution is 2.44. The molecule has 0 radical (unpaired) electrons. The third kappa shape index (κ3) is 4.83. The Hall–Kier alpha value is -2.12. The van der Waals surface area contributed by atoms with Crippen LogP contribution in [0.25, 0.3) is 11.1 Å². The van der Waals surface area contributed by atoms with Crippen molar-refractivity contribution in [3.63, 3.8) is 0 Å². The van der Waals surface area contributed by atoms with Crippen molar-refractivity contribution in [3.05, 3.63) is 59.7 Å². The first-order chi connectivity index (χ1) is 13.6. The Kier molecular flexibility index (Phi) is 7.28. The van der Waals surface area contributed by atoms with Gasteiger partial charge in [-0.25, -0.2) is 9.59 Å². The molecule has 2 N–H and O–H groups in total. The summed E-state index contributed by atoms with van der Waals surface area (Å²) in [6.45, 7) is 0.172. The summed E-state index contributed by atoms with van der Waals surface area (Å²) in [6.07, 6.45) is 1.31. The van der Waals surface area contributed by atoms with Crippen molar-refractivity contribution in [3.8, 4) is 11.1 Å². The summed E-state index contributed by atoms with van der Waals surface area (Å²) in [5, 5.41) is 11.8. The maximum absolute atomic E-state index is 12.2. The van der Waals surface area contributed by atoms with Crippen molar-refractivity contribution in [2.24, 2.45) is 0 Å². The Bertz CT molecular complexity index is 797. The lowest BCUT2D eigenvalue weighted by Crippen LogP contribution is -2.43. The van der Waals surface area contributed by atoms with Crippen LogP contribution in [0, 0.1) is 0 Å². The zero-order chi connectivity index (χ0) is 19.9. The van der Waals surface area contributed by atoms with E-state index in [1.165, 1.54) is 11.8 Å². The lowest BCUT2D eigenvalue weighted by atomic mass is 9.98. The Morgan fingerprint density at radius 3 is 2.25 bits per heavy atom. The minimum Gasteiger partial charge on any atom is -0.480 e. The van der Waals surface area contributed by atoms with E-state index in [2.05, 4.69) is 17.4 Å². The van der Waals surface area contributed by atoms with Crippen LogP contribution in [0.15, 0.2) is 48.5 Å². The Balaban J connectivity index is 1.60. The molecule has 0 saturated heterocycles. The molecule has 1 amide bonds. The normalized spacial score (nSPS) is 13.5. The van der Waals surface area contributed by atoms with Crippen LogP contribution in [0.4, 0.5) is 4.79 Å². The number of amides is 1. The third-order valence-electron chi connectivity index (χ3n) is 4.65. The number of hydrogen-bond acceptors (Lipinski definition) is 5. The molecule has 2 aromatic rings. The van der Waals surface area contributed by atoms with Gasteiger partial charge in [-0.1, -0.05) is 48.5 Å². The molecular weight excluding hydrogens is 394 g/mol. The minimum absolute atomic E-state index is 0.0441. The van der Waals surface area contributed by atoms with Gasteiger partial charge in [0.15, 0.2) is 0 Å². The molecule has 148 valence electrons. The molecule has 1 aliphatic rings. The topological polar surface area (TPSA) is 75.6 Å². The van der Waals surface area contributed by atoms with Crippen LogP contribution < -0.4 is 5.32 Å². The van der Waals surface area contributed by atoms with Crippen LogP contribution >= 0.6 is 23.5 Å². The summed E-state index contributed by atoms with van der Waals surface area (Å²) in [4.78, 5) is 23.6. The Labute approximate surface area is 173 Å². The molecule has 0 spiro atoms. The second-order valence-corrected chi connectivity index (χ2v) is 8.56. The molecule has 0 aromatic heterocycles. The summed E-state index contributed by atoms with van der Waals surface area (Å²) < 4.78 is 5.42. The van der Waals surface area contributed by atoms with Crippen LogP contribution in [-0.4, -0.2) is 53.3 Å². The second kappa shape index (κ2) is 9.89. The molecule has 5 nitrogen and oxygen atoms in total. The Morgan fingerprint density at radius 1 is 1.07 bits per heavy atom. The number of hydrogen-bond donors (Lipinski definition) is 2. The van der Waals surface area contributed by atoms with E-state index in [0.717, 1.165) is 33.8 Å². The van der Waals surface area contributed by atoms with Gasteiger partial charge in [-0.05, 0) is 28.5 Å². The highest BCUT2D eigenvalue weighted by molar-refractivity contribution is 8.02. The van der Waals surface area contributed by atoms with E-state index in [1.807, 2.05) is 42.7 Å². The van der Waals surface area contributed by atoms with Gasteiger partial charge in [-0.15, -0.1) is 0 Å². The lowest BCUT2D eigenvalue weighted by molar-refractivity contribution is -0.138. The van der Waals surface area contributed by atoms with E-state index >= 15 is 0 Å². The van der Waals surface area contributed by atoms with Crippen molar-refractivity contribution in [2.75, 3.05) is 30.1 Å². The highest BCUT2D eigenvalue weighted by Gasteiger charge is 2.29. The zero-order valence-electron chi connectivity index (χ0n) is 15.6. The van der Waals surface area contributed by atoms with Crippen molar-refractivity contribution in [2.45, 2.75) is 12.0 Å². The number of alkyl carbamates (subject to hydrolysis) is 1. The largest absolute Gasteiger partial charge is 0.480 e. The number of aliphatic carboxylic acids is 1. The zero-order valence-corrected chi connectivity index (χ0v) is 17.2. The first-order valence-electron chi connectivity index (χ1n) is 9.02. The number of rotatable bonds is 9. The monoisotopic (exact) mass is 417 g/mol. The van der Waals surface area contributed by atoms with Crippen LogP contribution in [0.3, 0.4) is 0 Å². The maximum atomic E-state index is 12.2. The molecule has 0 heterocycles. The summed E-state index contributed by atoms with van der Waals surface area (Å²) in [5.41, 5.74) is 4.55. The molecule has 1 unspecified atom stereocenters. The van der Waals surface area contributed by atoms with Gasteiger partial charge in [0.1, 0.15) is 12.6 Å². The fraction of sp³-hybridized carbons (Fsp3) is 0.333. The van der Waals surface area contributed by atoms with Crippen molar-refractivity contribution in [1.29, 1.82) is 0 Å². The van der Waals surface area contributed by atoms with Gasteiger partial charge in [-0.2, -0.15) is 23.5 Å². The van der Waals surface area contributed by atoms with Gasteiger partial charge in [0.2, 0.25) is 0 Å². The molecule has 0 bridgehead atoms. The average Bonchev–Trinajstić information content (AvgIpc) is 3.02. The van der Waals surface area contributed by atoms with E-state index in [0.29, 0.717) is 5.75 Å². The van der Waals surface area contributed by atoms with E-state index in [9.17, 15) is 14.7 Å². The van der Waals surface area contributed by atoms with Gasteiger partial charge in [0, 0.05) is 23.2 Å². The minimum atomic E-state index is -1.05. The average molecular weight is 418 g/mol. The summed E-state index contributed by atoms with van der Waals surface area (Å²) in [5.74, 6) is 1.02. The fourth-order valence-corrected chi connectivity index (χ4v) is 5.07. The van der Waals surface area contributed by atoms with Gasteiger partial charge in [-0.3, -0.25) is 0 Å². The van der Waals surface area contributed by atoms with Crippen LogP contribution in [0.2, 0.25) is 0 Å². The van der Waals surface area contributed by atoms with Crippen molar-refractivity contribution >= 4 is 35.6 Å². The molecule has 7 heteroatoms. The molecule has 1 aliphatic carbocycles. The van der Waals surface area contributed by atoms with Crippen LogP contribution in [-0.2, 0) is 9.53 Å². The molecule has 2 aromatic carbocycles. The predicted molar refractivity (Wildman–Crippen MR) is 115 cm³/mol. The lowest BCUT2D eigenvalue weighted by Gasteiger charge is -2.17. The fourth-order valence-electron chi connectivity index (χ4n) is 3.30. The predicted octanol–water partition coefficient (Wildman–Crippen LogP) is 4.07. The number of carbonyl (C=O) groups is 2. The van der Waals surface area contributed by atoms with E-state index in [4.69, 9.17) is 4.74 Å². The summed E-state index contributed by atoms with van der Waals surface area (Å²) in [6, 6.07) is 15.2. The van der Waals surface area contributed by atoms with Crippen molar-refractivity contribution in [1.82, 2.24) is 5.32 Å². The number of thioether (sulfide) groups is 2. The molecular formula is C21H23NO4S2. The molecule has 1 atom stereocenters. The number of ether oxygens (including phenoxy) is 1. The maximum Gasteiger partial charge on any atom is 0.407 e. The van der Waals surface area contributed by atoms with Crippen LogP contribution in [0.1, 0.15) is 17.0 Å². The molecule has 3 rings (SSSR count). The quantitative estimate of drug-likeness (QED) is 0.599. The summed E-state index contributed by atoms with van der Waals surface area (Å²) >= 11 is 3.22. The second-order valence-electron chi connectivity index (χ2n) is 6.43. The van der Waals surface area contributed by atoms with Gasteiger partial charge in [0.25, 0.3) is 0 Å². The summed E-state index contributed by atoms with van der Waals surface area (Å²) in [7, 11) is 0. The molecule has 0 aliphatic heterocycles. The number of carboxylic acid groups (broad SMARTS) is 1. The first kappa shape index (κ1) is 20.6. The number of carboxylic acids is 1. The van der Waals surface area contributed by atoms with Crippen LogP contribution in [0.5, 0.6) is 0 Å². The van der Waals surface area contributed by atoms with Gasteiger partial charge < -0.3 is 15.2 Å². The Morgan fingerprint density at radius 2 is 1.68 bits per heavy atom. The number of nitrogens with one attached hydrogen (secondary N) is 1. The smallest absolute Gasteiger partial charge is 0.407 e. The van der Waals surface area contributed by atoms with E-state index < -0.39 is 18.1 Å². The standard InChI is InChI=1S/C21H23NO4S2/c1-27-10-11-28-13-19(20(23)24)22-21(25)26-12-18-16-8-4-2-6-14(16)15-7-3-5-9-17(15)18/h2-9,18-19H,10-13H2,1H3,(H,22,25)(H,23,24). The molecule has 0 fully saturated rings. The third-order valence-corrected chi connectivity index (χ3v) is 6.58. The number of carbonyl (C=O) groups excluding carboxylic acids is 1.